The Balaban J connectivity index is 1.46. The van der Waals surface area contributed by atoms with E-state index in [1.54, 1.807) is 24.3 Å². The van der Waals surface area contributed by atoms with Crippen LogP contribution in [0.2, 0.25) is 0 Å². The van der Waals surface area contributed by atoms with Gasteiger partial charge in [0.25, 0.3) is 5.91 Å². The van der Waals surface area contributed by atoms with Gasteiger partial charge in [0.05, 0.1) is 5.92 Å². The van der Waals surface area contributed by atoms with E-state index in [4.69, 9.17) is 13.9 Å². The topological polar surface area (TPSA) is 89.8 Å². The van der Waals surface area contributed by atoms with Crippen LogP contribution in [0.5, 0.6) is 11.5 Å². The van der Waals surface area contributed by atoms with E-state index < -0.39 is 5.91 Å². The lowest BCUT2D eigenvalue weighted by Crippen LogP contribution is -2.22. The van der Waals surface area contributed by atoms with E-state index in [9.17, 15) is 9.59 Å². The fourth-order valence-electron chi connectivity index (χ4n) is 3.96. The summed E-state index contributed by atoms with van der Waals surface area (Å²) in [5.74, 6) is 0.172. The molecule has 0 unspecified atom stereocenters. The molecule has 7 heteroatoms. The SMILES string of the molecule is CC[C@H](C(=O)Nc1c(C(=O)Nc2ccc3c(c2)OCO3)oc2ccccc12)c1ccccc1. The van der Waals surface area contributed by atoms with E-state index in [1.807, 2.05) is 55.5 Å². The fraction of sp³-hybridized carbons (Fsp3) is 0.154. The van der Waals surface area contributed by atoms with Crippen LogP contribution in [0, 0.1) is 0 Å². The van der Waals surface area contributed by atoms with Gasteiger partial charge in [-0.05, 0) is 36.2 Å². The zero-order chi connectivity index (χ0) is 22.8. The molecule has 4 aromatic rings. The van der Waals surface area contributed by atoms with Crippen LogP contribution >= 0.6 is 0 Å². The minimum absolute atomic E-state index is 0.0325. The van der Waals surface area contributed by atoms with Gasteiger partial charge in [0.15, 0.2) is 11.5 Å². The Morgan fingerprint density at radius 2 is 1.67 bits per heavy atom. The number of carbonyl (C=O) groups excluding carboxylic acids is 2. The maximum absolute atomic E-state index is 13.2. The molecule has 5 rings (SSSR count). The van der Waals surface area contributed by atoms with Gasteiger partial charge in [0.1, 0.15) is 11.3 Å². The first-order valence-electron chi connectivity index (χ1n) is 10.7. The lowest BCUT2D eigenvalue weighted by molar-refractivity contribution is -0.117. The second-order valence-electron chi connectivity index (χ2n) is 7.69. The molecule has 0 bridgehead atoms. The molecule has 166 valence electrons. The molecule has 2 amide bonds. The predicted octanol–water partition coefficient (Wildman–Crippen LogP) is 5.55. The van der Waals surface area contributed by atoms with E-state index >= 15 is 0 Å². The highest BCUT2D eigenvalue weighted by molar-refractivity contribution is 6.15. The fourth-order valence-corrected chi connectivity index (χ4v) is 3.96. The quantitative estimate of drug-likeness (QED) is 0.409. The molecule has 0 fully saturated rings. The first-order valence-corrected chi connectivity index (χ1v) is 10.7. The van der Waals surface area contributed by atoms with Crippen LogP contribution < -0.4 is 20.1 Å². The van der Waals surface area contributed by atoms with Crippen molar-refractivity contribution in [1.82, 2.24) is 0 Å². The summed E-state index contributed by atoms with van der Waals surface area (Å²) in [6, 6.07) is 21.9. The average Bonchev–Trinajstić information content (AvgIpc) is 3.45. The van der Waals surface area contributed by atoms with Crippen LogP contribution in [0.25, 0.3) is 11.0 Å². The third kappa shape index (κ3) is 4.01. The lowest BCUT2D eigenvalue weighted by atomic mass is 9.95. The molecule has 1 aliphatic rings. The molecule has 0 spiro atoms. The predicted molar refractivity (Wildman–Crippen MR) is 125 cm³/mol. The molecule has 0 saturated carbocycles. The van der Waals surface area contributed by atoms with Crippen LogP contribution in [0.3, 0.4) is 0 Å². The third-order valence-corrected chi connectivity index (χ3v) is 5.61. The van der Waals surface area contributed by atoms with Crippen LogP contribution in [0.1, 0.15) is 35.4 Å². The number of carbonyl (C=O) groups is 2. The summed E-state index contributed by atoms with van der Waals surface area (Å²) >= 11 is 0. The number of para-hydroxylation sites is 1. The number of hydrogen-bond donors (Lipinski definition) is 2. The Labute approximate surface area is 190 Å². The van der Waals surface area contributed by atoms with Gasteiger partial charge >= 0.3 is 0 Å². The number of amides is 2. The molecule has 1 atom stereocenters. The molecule has 1 aromatic heterocycles. The number of anilines is 2. The largest absolute Gasteiger partial charge is 0.454 e. The Hall–Kier alpha value is -4.26. The standard InChI is InChI=1S/C26H22N2O5/c1-2-18(16-8-4-3-5-9-16)25(29)28-23-19-10-6-7-11-20(19)33-24(23)26(30)27-17-12-13-21-22(14-17)32-15-31-21/h3-14,18H,2,15H2,1H3,(H,27,30)(H,28,29)/t18-/m0/s1. The molecule has 33 heavy (non-hydrogen) atoms. The van der Waals surface area contributed by atoms with Crippen molar-refractivity contribution >= 4 is 34.2 Å². The monoisotopic (exact) mass is 442 g/mol. The van der Waals surface area contributed by atoms with Crippen LogP contribution in [-0.4, -0.2) is 18.6 Å². The van der Waals surface area contributed by atoms with Crippen molar-refractivity contribution in [2.45, 2.75) is 19.3 Å². The Morgan fingerprint density at radius 3 is 2.48 bits per heavy atom. The third-order valence-electron chi connectivity index (χ3n) is 5.61. The van der Waals surface area contributed by atoms with E-state index in [1.165, 1.54) is 0 Å². The number of benzene rings is 3. The molecule has 2 N–H and O–H groups in total. The van der Waals surface area contributed by atoms with Crippen molar-refractivity contribution in [2.24, 2.45) is 0 Å². The van der Waals surface area contributed by atoms with E-state index in [2.05, 4.69) is 10.6 Å². The number of fused-ring (bicyclic) bond motifs is 2. The lowest BCUT2D eigenvalue weighted by Gasteiger charge is -2.15. The van der Waals surface area contributed by atoms with Crippen molar-refractivity contribution < 1.29 is 23.5 Å². The summed E-state index contributed by atoms with van der Waals surface area (Å²) in [6.07, 6.45) is 0.615. The molecular weight excluding hydrogens is 420 g/mol. The van der Waals surface area contributed by atoms with Gasteiger partial charge < -0.3 is 24.5 Å². The number of ether oxygens (including phenoxy) is 2. The normalized spacial score (nSPS) is 13.0. The highest BCUT2D eigenvalue weighted by Gasteiger charge is 2.26. The molecule has 0 radical (unpaired) electrons. The second-order valence-corrected chi connectivity index (χ2v) is 7.69. The Bertz CT molecular complexity index is 1330. The zero-order valence-corrected chi connectivity index (χ0v) is 18.0. The summed E-state index contributed by atoms with van der Waals surface area (Å²) in [7, 11) is 0. The minimum Gasteiger partial charge on any atom is -0.454 e. The summed E-state index contributed by atoms with van der Waals surface area (Å²) in [5.41, 5.74) is 2.30. The zero-order valence-electron chi connectivity index (χ0n) is 18.0. The van der Waals surface area contributed by atoms with Crippen molar-refractivity contribution in [3.8, 4) is 11.5 Å². The summed E-state index contributed by atoms with van der Waals surface area (Å²) < 4.78 is 16.6. The van der Waals surface area contributed by atoms with Crippen LogP contribution in [-0.2, 0) is 4.79 Å². The summed E-state index contributed by atoms with van der Waals surface area (Å²) in [5, 5.41) is 6.43. The number of rotatable bonds is 6. The van der Waals surface area contributed by atoms with Gasteiger partial charge in [-0.2, -0.15) is 0 Å². The molecule has 3 aromatic carbocycles. The molecule has 0 aliphatic carbocycles. The maximum Gasteiger partial charge on any atom is 0.293 e. The van der Waals surface area contributed by atoms with Crippen molar-refractivity contribution in [3.63, 3.8) is 0 Å². The first-order chi connectivity index (χ1) is 16.1. The smallest absolute Gasteiger partial charge is 0.293 e. The van der Waals surface area contributed by atoms with Crippen LogP contribution in [0.4, 0.5) is 11.4 Å². The van der Waals surface area contributed by atoms with Gasteiger partial charge in [-0.1, -0.05) is 49.4 Å². The average molecular weight is 442 g/mol. The van der Waals surface area contributed by atoms with Gasteiger partial charge in [-0.25, -0.2) is 0 Å². The first kappa shape index (κ1) is 20.6. The second kappa shape index (κ2) is 8.70. The minimum atomic E-state index is -0.479. The van der Waals surface area contributed by atoms with E-state index in [0.29, 0.717) is 40.3 Å². The van der Waals surface area contributed by atoms with Crippen molar-refractivity contribution in [2.75, 3.05) is 17.4 Å². The Kier molecular flexibility index (Phi) is 5.44. The maximum atomic E-state index is 13.2. The van der Waals surface area contributed by atoms with Crippen molar-refractivity contribution in [1.29, 1.82) is 0 Å². The number of furan rings is 1. The van der Waals surface area contributed by atoms with Gasteiger partial charge in [-0.3, -0.25) is 9.59 Å². The van der Waals surface area contributed by atoms with Gasteiger partial charge in [0.2, 0.25) is 18.5 Å². The highest BCUT2D eigenvalue weighted by atomic mass is 16.7. The van der Waals surface area contributed by atoms with E-state index in [-0.39, 0.29) is 24.4 Å². The Morgan fingerprint density at radius 1 is 0.909 bits per heavy atom. The highest BCUT2D eigenvalue weighted by Crippen LogP contribution is 2.36. The van der Waals surface area contributed by atoms with E-state index in [0.717, 1.165) is 5.56 Å². The van der Waals surface area contributed by atoms with Crippen LogP contribution in [0.15, 0.2) is 77.2 Å². The molecule has 2 heterocycles. The summed E-state index contributed by atoms with van der Waals surface area (Å²) in [4.78, 5) is 26.4. The molecule has 1 aliphatic heterocycles. The number of hydrogen-bond acceptors (Lipinski definition) is 5. The molecule has 7 nitrogen and oxygen atoms in total. The van der Waals surface area contributed by atoms with Crippen molar-refractivity contribution in [3.05, 3.63) is 84.1 Å². The van der Waals surface area contributed by atoms with Gasteiger partial charge in [-0.15, -0.1) is 0 Å². The number of nitrogens with one attached hydrogen (secondary N) is 2. The molecule has 0 saturated heterocycles. The molecular formula is C26H22N2O5. The summed E-state index contributed by atoms with van der Waals surface area (Å²) in [6.45, 7) is 2.10. The van der Waals surface area contributed by atoms with Gasteiger partial charge in [0, 0.05) is 17.1 Å².